The van der Waals surface area contributed by atoms with Crippen molar-refractivity contribution in [3.8, 4) is 0 Å². The summed E-state index contributed by atoms with van der Waals surface area (Å²) in [7, 11) is 0. The minimum absolute atomic E-state index is 0.484. The molecular formula is C11H13Cl3O. The second kappa shape index (κ2) is 5.40. The predicted molar refractivity (Wildman–Crippen MR) is 65.5 cm³/mol. The van der Waals surface area contributed by atoms with Crippen molar-refractivity contribution < 1.29 is 5.11 Å². The summed E-state index contributed by atoms with van der Waals surface area (Å²) >= 11 is 17.3. The van der Waals surface area contributed by atoms with Crippen molar-refractivity contribution in [2.24, 2.45) is 0 Å². The molecule has 1 aromatic rings. The predicted octanol–water partition coefficient (Wildman–Crippen LogP) is 4.35. The summed E-state index contributed by atoms with van der Waals surface area (Å²) in [5.41, 5.74) is 1.38. The second-order valence-electron chi connectivity index (χ2n) is 3.43. The fourth-order valence-electron chi connectivity index (χ4n) is 1.36. The van der Waals surface area contributed by atoms with E-state index >= 15 is 0 Å². The molecule has 0 amide bonds. The number of rotatable bonds is 3. The fraction of sp³-hybridized carbons (Fsp3) is 0.455. The highest BCUT2D eigenvalue weighted by atomic mass is 35.6. The van der Waals surface area contributed by atoms with Crippen LogP contribution in [0.25, 0.3) is 0 Å². The fourth-order valence-corrected chi connectivity index (χ4v) is 1.72. The molecule has 1 nitrogen and oxygen atoms in total. The molecule has 1 unspecified atom stereocenters. The Balaban J connectivity index is 2.92. The Hall–Kier alpha value is 0.0500. The molecule has 84 valence electrons. The largest absolute Gasteiger partial charge is 0.388 e. The Morgan fingerprint density at radius 1 is 1.33 bits per heavy atom. The lowest BCUT2D eigenvalue weighted by Crippen LogP contribution is -2.03. The van der Waals surface area contributed by atoms with Gasteiger partial charge in [0.05, 0.1) is 6.10 Å². The molecule has 15 heavy (non-hydrogen) atoms. The highest BCUT2D eigenvalue weighted by Gasteiger charge is 2.23. The average Bonchev–Trinajstić information content (AvgIpc) is 2.17. The normalized spacial score (nSPS) is 13.9. The third-order valence-electron chi connectivity index (χ3n) is 2.16. The van der Waals surface area contributed by atoms with E-state index in [2.05, 4.69) is 0 Å². The first-order valence-electron chi connectivity index (χ1n) is 4.80. The van der Waals surface area contributed by atoms with Gasteiger partial charge in [-0.25, -0.2) is 0 Å². The maximum absolute atomic E-state index is 9.78. The summed E-state index contributed by atoms with van der Waals surface area (Å²) in [6.07, 6.45) is 1.14. The molecule has 4 heteroatoms. The smallest absolute Gasteiger partial charge is 0.216 e. The van der Waals surface area contributed by atoms with Gasteiger partial charge in [0.1, 0.15) is 0 Å². The van der Waals surface area contributed by atoms with Crippen LogP contribution in [0.15, 0.2) is 24.3 Å². The zero-order valence-corrected chi connectivity index (χ0v) is 10.6. The van der Waals surface area contributed by atoms with Crippen LogP contribution in [0.2, 0.25) is 0 Å². The van der Waals surface area contributed by atoms with Gasteiger partial charge in [-0.2, -0.15) is 0 Å². The summed E-state index contributed by atoms with van der Waals surface area (Å²) in [4.78, 5) is 0. The van der Waals surface area contributed by atoms with E-state index < -0.39 is 9.90 Å². The molecule has 0 saturated heterocycles. The van der Waals surface area contributed by atoms with Crippen molar-refractivity contribution in [1.82, 2.24) is 0 Å². The molecule has 1 aromatic carbocycles. The maximum atomic E-state index is 9.78. The minimum Gasteiger partial charge on any atom is -0.388 e. The molecule has 0 aliphatic heterocycles. The number of benzene rings is 1. The van der Waals surface area contributed by atoms with Crippen LogP contribution in [-0.2, 0) is 3.79 Å². The average molecular weight is 268 g/mol. The summed E-state index contributed by atoms with van der Waals surface area (Å²) in [5.74, 6) is 0. The number of hydrogen-bond donors (Lipinski definition) is 1. The van der Waals surface area contributed by atoms with Crippen LogP contribution in [0.4, 0.5) is 0 Å². The van der Waals surface area contributed by atoms with E-state index in [1.807, 2.05) is 13.0 Å². The van der Waals surface area contributed by atoms with Gasteiger partial charge in [0.2, 0.25) is 3.79 Å². The Labute approximate surface area is 105 Å². The van der Waals surface area contributed by atoms with Crippen LogP contribution < -0.4 is 0 Å². The van der Waals surface area contributed by atoms with E-state index in [4.69, 9.17) is 34.8 Å². The Morgan fingerprint density at radius 2 is 2.00 bits per heavy atom. The lowest BCUT2D eigenvalue weighted by molar-refractivity contribution is 0.166. The molecule has 1 rings (SSSR count). The second-order valence-corrected chi connectivity index (χ2v) is 5.71. The summed E-state index contributed by atoms with van der Waals surface area (Å²) < 4.78 is -1.43. The van der Waals surface area contributed by atoms with Gasteiger partial charge in [-0.15, -0.1) is 0 Å². The van der Waals surface area contributed by atoms with Gasteiger partial charge in [0.15, 0.2) is 0 Å². The van der Waals surface area contributed by atoms with Gasteiger partial charge < -0.3 is 5.11 Å². The number of halogens is 3. The lowest BCUT2D eigenvalue weighted by atomic mass is 10.0. The monoisotopic (exact) mass is 266 g/mol. The van der Waals surface area contributed by atoms with Crippen molar-refractivity contribution >= 4 is 34.8 Å². The number of aliphatic hydroxyl groups is 1. The van der Waals surface area contributed by atoms with Crippen molar-refractivity contribution in [3.05, 3.63) is 35.4 Å². The summed E-state index contributed by atoms with van der Waals surface area (Å²) in [5, 5.41) is 9.78. The molecule has 0 aromatic heterocycles. The first-order chi connectivity index (χ1) is 6.95. The Kier molecular flexibility index (Phi) is 4.72. The van der Waals surface area contributed by atoms with Crippen LogP contribution in [-0.4, -0.2) is 5.11 Å². The minimum atomic E-state index is -1.43. The molecule has 0 heterocycles. The van der Waals surface area contributed by atoms with Gasteiger partial charge in [0.25, 0.3) is 0 Å². The van der Waals surface area contributed by atoms with Gasteiger partial charge in [0, 0.05) is 5.56 Å². The van der Waals surface area contributed by atoms with Crippen LogP contribution >= 0.6 is 34.8 Å². The van der Waals surface area contributed by atoms with Crippen molar-refractivity contribution in [2.45, 2.75) is 29.7 Å². The van der Waals surface area contributed by atoms with Crippen molar-refractivity contribution in [3.63, 3.8) is 0 Å². The number of alkyl halides is 3. The lowest BCUT2D eigenvalue weighted by Gasteiger charge is -2.15. The third-order valence-corrected chi connectivity index (χ3v) is 2.82. The van der Waals surface area contributed by atoms with Crippen LogP contribution in [0.5, 0.6) is 0 Å². The molecular weight excluding hydrogens is 254 g/mol. The number of aliphatic hydroxyl groups excluding tert-OH is 1. The molecule has 0 radical (unpaired) electrons. The molecule has 0 aliphatic carbocycles. The quantitative estimate of drug-likeness (QED) is 0.808. The molecule has 0 fully saturated rings. The molecule has 0 spiro atoms. The van der Waals surface area contributed by atoms with Gasteiger partial charge in [-0.05, 0) is 18.1 Å². The first-order valence-corrected chi connectivity index (χ1v) is 5.93. The molecule has 1 atom stereocenters. The maximum Gasteiger partial charge on any atom is 0.216 e. The van der Waals surface area contributed by atoms with Crippen LogP contribution in [0.1, 0.15) is 37.0 Å². The van der Waals surface area contributed by atoms with E-state index in [1.165, 1.54) is 0 Å². The Bertz CT molecular complexity index is 320. The first kappa shape index (κ1) is 13.1. The van der Waals surface area contributed by atoms with Crippen molar-refractivity contribution in [2.75, 3.05) is 0 Å². The molecule has 0 bridgehead atoms. The highest BCUT2D eigenvalue weighted by Crippen LogP contribution is 2.39. The zero-order chi connectivity index (χ0) is 11.5. The van der Waals surface area contributed by atoms with Crippen molar-refractivity contribution in [1.29, 1.82) is 0 Å². The third kappa shape index (κ3) is 3.84. The summed E-state index contributed by atoms with van der Waals surface area (Å²) in [6.45, 7) is 2.02. The van der Waals surface area contributed by atoms with E-state index in [-0.39, 0.29) is 0 Å². The molecule has 1 N–H and O–H groups in total. The topological polar surface area (TPSA) is 20.2 Å². The van der Waals surface area contributed by atoms with Gasteiger partial charge >= 0.3 is 0 Å². The summed E-state index contributed by atoms with van der Waals surface area (Å²) in [6, 6.07) is 7.08. The van der Waals surface area contributed by atoms with Crippen LogP contribution in [0, 0.1) is 0 Å². The van der Waals surface area contributed by atoms with E-state index in [0.29, 0.717) is 12.0 Å². The van der Waals surface area contributed by atoms with E-state index in [9.17, 15) is 5.11 Å². The molecule has 0 saturated carbocycles. The SMILES string of the molecule is CCCC(O)c1cccc(C(Cl)(Cl)Cl)c1. The standard InChI is InChI=1S/C11H13Cl3O/c1-2-4-10(15)8-5-3-6-9(7-8)11(12,13)14/h3,5-7,10,15H,2,4H2,1H3. The highest BCUT2D eigenvalue weighted by molar-refractivity contribution is 6.66. The number of hydrogen-bond acceptors (Lipinski definition) is 1. The van der Waals surface area contributed by atoms with Gasteiger partial charge in [-0.1, -0.05) is 66.3 Å². The van der Waals surface area contributed by atoms with Crippen LogP contribution in [0.3, 0.4) is 0 Å². The van der Waals surface area contributed by atoms with Gasteiger partial charge in [-0.3, -0.25) is 0 Å². The van der Waals surface area contributed by atoms with E-state index in [1.54, 1.807) is 18.2 Å². The zero-order valence-electron chi connectivity index (χ0n) is 8.38. The van der Waals surface area contributed by atoms with E-state index in [0.717, 1.165) is 12.0 Å². The Morgan fingerprint density at radius 3 is 2.53 bits per heavy atom. The molecule has 0 aliphatic rings.